The maximum Gasteiger partial charge on any atom is 0.338 e. The first kappa shape index (κ1) is 20.3. The van der Waals surface area contributed by atoms with Crippen LogP contribution < -0.4 is 5.32 Å². The Morgan fingerprint density at radius 2 is 1.79 bits per heavy atom. The standard InChI is InChI=1S/C22H22FN3O3/c1-14-4-5-17(11-20(14)23)12-24-21(27)13-29-22(28)18-6-8-19(9-7-18)26-16(3)10-15(2)25-26/h4-11H,12-13H2,1-3H3,(H,24,27). The molecule has 6 nitrogen and oxygen atoms in total. The van der Waals surface area contributed by atoms with Crippen LogP contribution in [-0.4, -0.2) is 28.3 Å². The van der Waals surface area contributed by atoms with Crippen LogP contribution in [0.1, 0.15) is 32.9 Å². The van der Waals surface area contributed by atoms with E-state index in [0.29, 0.717) is 16.7 Å². The molecule has 0 fully saturated rings. The number of carbonyl (C=O) groups is 2. The van der Waals surface area contributed by atoms with Crippen LogP contribution in [0.25, 0.3) is 5.69 Å². The van der Waals surface area contributed by atoms with Gasteiger partial charge in [0.2, 0.25) is 0 Å². The summed E-state index contributed by atoms with van der Waals surface area (Å²) in [6, 6.07) is 13.5. The minimum atomic E-state index is -0.596. The monoisotopic (exact) mass is 395 g/mol. The van der Waals surface area contributed by atoms with E-state index in [1.165, 1.54) is 6.07 Å². The molecule has 0 saturated heterocycles. The molecule has 0 spiro atoms. The molecule has 29 heavy (non-hydrogen) atoms. The smallest absolute Gasteiger partial charge is 0.338 e. The maximum absolute atomic E-state index is 13.5. The van der Waals surface area contributed by atoms with Gasteiger partial charge in [0.25, 0.3) is 5.91 Å². The zero-order valence-electron chi connectivity index (χ0n) is 16.5. The van der Waals surface area contributed by atoms with Gasteiger partial charge in [-0.05, 0) is 68.3 Å². The Bertz CT molecular complexity index is 1040. The van der Waals surface area contributed by atoms with Crippen LogP contribution in [0, 0.1) is 26.6 Å². The van der Waals surface area contributed by atoms with Gasteiger partial charge in [0.15, 0.2) is 6.61 Å². The summed E-state index contributed by atoms with van der Waals surface area (Å²) in [5, 5.41) is 6.99. The van der Waals surface area contributed by atoms with Crippen LogP contribution in [0.5, 0.6) is 0 Å². The molecule has 1 aromatic heterocycles. The molecule has 0 radical (unpaired) electrons. The van der Waals surface area contributed by atoms with Crippen molar-refractivity contribution in [2.24, 2.45) is 0 Å². The van der Waals surface area contributed by atoms with Gasteiger partial charge < -0.3 is 10.1 Å². The summed E-state index contributed by atoms with van der Waals surface area (Å²) in [6.45, 7) is 5.28. The number of benzene rings is 2. The quantitative estimate of drug-likeness (QED) is 0.649. The molecular weight excluding hydrogens is 373 g/mol. The Hall–Kier alpha value is -3.48. The van der Waals surface area contributed by atoms with Gasteiger partial charge in [0.1, 0.15) is 5.82 Å². The highest BCUT2D eigenvalue weighted by Crippen LogP contribution is 2.14. The Morgan fingerprint density at radius 1 is 1.07 bits per heavy atom. The second-order valence-corrected chi connectivity index (χ2v) is 6.82. The molecule has 2 aromatic carbocycles. The van der Waals surface area contributed by atoms with Crippen LogP contribution in [0.4, 0.5) is 4.39 Å². The molecule has 150 valence electrons. The van der Waals surface area contributed by atoms with Gasteiger partial charge in [-0.3, -0.25) is 4.79 Å². The van der Waals surface area contributed by atoms with Crippen molar-refractivity contribution in [3.05, 3.63) is 82.4 Å². The van der Waals surface area contributed by atoms with Crippen LogP contribution in [-0.2, 0) is 16.1 Å². The molecule has 1 N–H and O–H groups in total. The summed E-state index contributed by atoms with van der Waals surface area (Å²) in [4.78, 5) is 24.0. The molecule has 0 bridgehead atoms. The van der Waals surface area contributed by atoms with Crippen molar-refractivity contribution < 1.29 is 18.7 Å². The van der Waals surface area contributed by atoms with Crippen molar-refractivity contribution >= 4 is 11.9 Å². The normalized spacial score (nSPS) is 10.6. The van der Waals surface area contributed by atoms with Gasteiger partial charge in [-0.25, -0.2) is 13.9 Å². The van der Waals surface area contributed by atoms with Crippen LogP contribution in [0.2, 0.25) is 0 Å². The number of hydrogen-bond acceptors (Lipinski definition) is 4. The number of aryl methyl sites for hydroxylation is 3. The molecule has 0 atom stereocenters. The molecule has 0 aliphatic rings. The van der Waals surface area contributed by atoms with E-state index in [2.05, 4.69) is 10.4 Å². The first-order valence-corrected chi connectivity index (χ1v) is 9.16. The van der Waals surface area contributed by atoms with Crippen LogP contribution in [0.15, 0.2) is 48.5 Å². The van der Waals surface area contributed by atoms with Gasteiger partial charge in [-0.1, -0.05) is 12.1 Å². The number of amides is 1. The van der Waals surface area contributed by atoms with Crippen molar-refractivity contribution in [1.29, 1.82) is 0 Å². The largest absolute Gasteiger partial charge is 0.452 e. The highest BCUT2D eigenvalue weighted by Gasteiger charge is 2.11. The number of ether oxygens (including phenoxy) is 1. The zero-order valence-corrected chi connectivity index (χ0v) is 16.5. The highest BCUT2D eigenvalue weighted by molar-refractivity contribution is 5.91. The fourth-order valence-corrected chi connectivity index (χ4v) is 2.84. The van der Waals surface area contributed by atoms with Gasteiger partial charge in [0, 0.05) is 12.2 Å². The second-order valence-electron chi connectivity index (χ2n) is 6.82. The molecule has 3 rings (SSSR count). The number of nitrogens with one attached hydrogen (secondary N) is 1. The molecular formula is C22H22FN3O3. The number of hydrogen-bond donors (Lipinski definition) is 1. The minimum absolute atomic E-state index is 0.158. The Morgan fingerprint density at radius 3 is 2.41 bits per heavy atom. The van der Waals surface area contributed by atoms with Crippen molar-refractivity contribution in [3.63, 3.8) is 0 Å². The number of carbonyl (C=O) groups excluding carboxylic acids is 2. The topological polar surface area (TPSA) is 73.2 Å². The minimum Gasteiger partial charge on any atom is -0.452 e. The van der Waals surface area contributed by atoms with E-state index in [1.54, 1.807) is 48.0 Å². The Kier molecular flexibility index (Phi) is 6.07. The van der Waals surface area contributed by atoms with E-state index in [1.807, 2.05) is 19.9 Å². The summed E-state index contributed by atoms with van der Waals surface area (Å²) in [5.74, 6) is -1.38. The summed E-state index contributed by atoms with van der Waals surface area (Å²) in [5.41, 5.74) is 4.23. The summed E-state index contributed by atoms with van der Waals surface area (Å²) in [6.07, 6.45) is 0. The lowest BCUT2D eigenvalue weighted by molar-refractivity contribution is -0.124. The Balaban J connectivity index is 1.51. The number of rotatable bonds is 6. The number of halogens is 1. The number of esters is 1. The van der Waals surface area contributed by atoms with E-state index in [9.17, 15) is 14.0 Å². The van der Waals surface area contributed by atoms with E-state index in [4.69, 9.17) is 4.74 Å². The molecule has 1 heterocycles. The fraction of sp³-hybridized carbons (Fsp3) is 0.227. The predicted octanol–water partition coefficient (Wildman–Crippen LogP) is 3.41. The third-order valence-electron chi connectivity index (χ3n) is 4.42. The lowest BCUT2D eigenvalue weighted by Gasteiger charge is -2.08. The lowest BCUT2D eigenvalue weighted by atomic mass is 10.1. The van der Waals surface area contributed by atoms with E-state index in [0.717, 1.165) is 17.1 Å². The fourth-order valence-electron chi connectivity index (χ4n) is 2.84. The third kappa shape index (κ3) is 5.07. The number of nitrogens with zero attached hydrogens (tertiary/aromatic N) is 2. The van der Waals surface area contributed by atoms with Crippen LogP contribution in [0.3, 0.4) is 0 Å². The van der Waals surface area contributed by atoms with Gasteiger partial charge in [-0.2, -0.15) is 5.10 Å². The number of aromatic nitrogens is 2. The second kappa shape index (κ2) is 8.68. The van der Waals surface area contributed by atoms with Crippen molar-refractivity contribution in [3.8, 4) is 5.69 Å². The molecule has 1 amide bonds. The van der Waals surface area contributed by atoms with Crippen LogP contribution >= 0.6 is 0 Å². The van der Waals surface area contributed by atoms with Crippen molar-refractivity contribution in [1.82, 2.24) is 15.1 Å². The highest BCUT2D eigenvalue weighted by atomic mass is 19.1. The summed E-state index contributed by atoms with van der Waals surface area (Å²) in [7, 11) is 0. The zero-order chi connectivity index (χ0) is 21.0. The molecule has 0 unspecified atom stereocenters. The van der Waals surface area contributed by atoms with Crippen molar-refractivity contribution in [2.45, 2.75) is 27.3 Å². The van der Waals surface area contributed by atoms with E-state index in [-0.39, 0.29) is 12.4 Å². The predicted molar refractivity (Wildman–Crippen MR) is 106 cm³/mol. The van der Waals surface area contributed by atoms with Gasteiger partial charge in [-0.15, -0.1) is 0 Å². The first-order chi connectivity index (χ1) is 13.8. The van der Waals surface area contributed by atoms with E-state index < -0.39 is 18.5 Å². The summed E-state index contributed by atoms with van der Waals surface area (Å²) >= 11 is 0. The van der Waals surface area contributed by atoms with Crippen molar-refractivity contribution in [2.75, 3.05) is 6.61 Å². The van der Waals surface area contributed by atoms with E-state index >= 15 is 0 Å². The SMILES string of the molecule is Cc1cc(C)n(-c2ccc(C(=O)OCC(=O)NCc3ccc(C)c(F)c3)cc2)n1. The average molecular weight is 395 g/mol. The maximum atomic E-state index is 13.5. The lowest BCUT2D eigenvalue weighted by Crippen LogP contribution is -2.28. The molecule has 0 saturated carbocycles. The third-order valence-corrected chi connectivity index (χ3v) is 4.42. The summed E-state index contributed by atoms with van der Waals surface area (Å²) < 4.78 is 20.3. The molecule has 3 aromatic rings. The average Bonchev–Trinajstić information content (AvgIpc) is 3.05. The van der Waals surface area contributed by atoms with Gasteiger partial charge >= 0.3 is 5.97 Å². The first-order valence-electron chi connectivity index (χ1n) is 9.16. The Labute approximate surface area is 168 Å². The molecule has 7 heteroatoms. The molecule has 0 aliphatic carbocycles. The van der Waals surface area contributed by atoms with Gasteiger partial charge in [0.05, 0.1) is 16.9 Å². The molecule has 0 aliphatic heterocycles.